The van der Waals surface area contributed by atoms with E-state index in [1.165, 1.54) is 11.1 Å². The van der Waals surface area contributed by atoms with E-state index in [-0.39, 0.29) is 23.0 Å². The van der Waals surface area contributed by atoms with E-state index in [1.54, 1.807) is 31.4 Å². The molecule has 3 rings (SSSR count). The Morgan fingerprint density at radius 1 is 1.11 bits per heavy atom. The average Bonchev–Trinajstić information content (AvgIpc) is 2.68. The van der Waals surface area contributed by atoms with Crippen LogP contribution in [0.15, 0.2) is 60.8 Å². The molecule has 2 amide bonds. The molecule has 0 bridgehead atoms. The fraction of sp³-hybridized carbons (Fsp3) is 0.105. The molecule has 0 fully saturated rings. The fourth-order valence-corrected chi connectivity index (χ4v) is 2.76. The number of urea groups is 1. The summed E-state index contributed by atoms with van der Waals surface area (Å²) in [6.45, 7) is 0.168. The van der Waals surface area contributed by atoms with Gasteiger partial charge in [0.2, 0.25) is 5.28 Å². The first-order valence-corrected chi connectivity index (χ1v) is 8.77. The number of benzene rings is 2. The Kier molecular flexibility index (Phi) is 6.11. The van der Waals surface area contributed by atoms with E-state index < -0.39 is 0 Å². The van der Waals surface area contributed by atoms with Crippen molar-refractivity contribution in [2.24, 2.45) is 0 Å². The molecule has 138 valence electrons. The van der Waals surface area contributed by atoms with Gasteiger partial charge in [-0.1, -0.05) is 29.8 Å². The molecule has 0 atom stereocenters. The third kappa shape index (κ3) is 4.87. The molecule has 1 N–H and O–H groups in total. The first kappa shape index (κ1) is 18.9. The standard InChI is InChI=1S/C19H16Cl2N4O2/c1-27-16-9-7-15(8-10-16)25(12-13-11-22-18(21)24-17(13)20)19(26)23-14-5-3-2-4-6-14/h2-11H,12H2,1H3,(H,23,26). The van der Waals surface area contributed by atoms with Crippen LogP contribution in [-0.2, 0) is 6.54 Å². The molecule has 0 saturated carbocycles. The largest absolute Gasteiger partial charge is 0.497 e. The van der Waals surface area contributed by atoms with E-state index in [0.29, 0.717) is 22.7 Å². The number of hydrogen-bond acceptors (Lipinski definition) is 4. The van der Waals surface area contributed by atoms with E-state index in [1.807, 2.05) is 30.3 Å². The van der Waals surface area contributed by atoms with Gasteiger partial charge in [0.1, 0.15) is 10.9 Å². The number of amides is 2. The molecular weight excluding hydrogens is 387 g/mol. The number of carbonyl (C=O) groups excluding carboxylic acids is 1. The van der Waals surface area contributed by atoms with Crippen molar-refractivity contribution in [3.8, 4) is 5.75 Å². The molecule has 3 aromatic rings. The van der Waals surface area contributed by atoms with E-state index in [4.69, 9.17) is 27.9 Å². The molecule has 8 heteroatoms. The summed E-state index contributed by atoms with van der Waals surface area (Å²) in [5.41, 5.74) is 1.91. The van der Waals surface area contributed by atoms with Gasteiger partial charge in [-0.05, 0) is 48.0 Å². The minimum atomic E-state index is -0.322. The predicted molar refractivity (Wildman–Crippen MR) is 107 cm³/mol. The van der Waals surface area contributed by atoms with Crippen molar-refractivity contribution in [1.82, 2.24) is 9.97 Å². The Hall–Kier alpha value is -2.83. The number of methoxy groups -OCH3 is 1. The molecule has 1 heterocycles. The lowest BCUT2D eigenvalue weighted by atomic mass is 10.2. The van der Waals surface area contributed by atoms with Crippen molar-refractivity contribution in [2.45, 2.75) is 6.54 Å². The number of carbonyl (C=O) groups is 1. The number of anilines is 2. The molecule has 2 aromatic carbocycles. The van der Waals surface area contributed by atoms with Crippen LogP contribution in [0.25, 0.3) is 0 Å². The maximum absolute atomic E-state index is 12.9. The SMILES string of the molecule is COc1ccc(N(Cc2cnc(Cl)nc2Cl)C(=O)Nc2ccccc2)cc1. The Morgan fingerprint density at radius 2 is 1.81 bits per heavy atom. The van der Waals surface area contributed by atoms with Crippen LogP contribution in [0.1, 0.15) is 5.56 Å². The quantitative estimate of drug-likeness (QED) is 0.479. The maximum atomic E-state index is 12.9. The second kappa shape index (κ2) is 8.70. The van der Waals surface area contributed by atoms with Crippen LogP contribution in [0.2, 0.25) is 10.4 Å². The second-order valence-corrected chi connectivity index (χ2v) is 6.23. The van der Waals surface area contributed by atoms with Gasteiger partial charge >= 0.3 is 6.03 Å². The van der Waals surface area contributed by atoms with Crippen molar-refractivity contribution < 1.29 is 9.53 Å². The number of rotatable bonds is 5. The highest BCUT2D eigenvalue weighted by molar-refractivity contribution is 6.32. The number of nitrogens with zero attached hydrogens (tertiary/aromatic N) is 3. The molecule has 6 nitrogen and oxygen atoms in total. The third-order valence-electron chi connectivity index (χ3n) is 3.77. The van der Waals surface area contributed by atoms with Crippen LogP contribution in [0.4, 0.5) is 16.2 Å². The summed E-state index contributed by atoms with van der Waals surface area (Å²) < 4.78 is 5.18. The Bertz CT molecular complexity index is 921. The lowest BCUT2D eigenvalue weighted by molar-refractivity contribution is 0.256. The zero-order chi connectivity index (χ0) is 19.2. The second-order valence-electron chi connectivity index (χ2n) is 5.54. The predicted octanol–water partition coefficient (Wildman–Crippen LogP) is 5.03. The number of aromatic nitrogens is 2. The van der Waals surface area contributed by atoms with E-state index in [0.717, 1.165) is 0 Å². The molecule has 0 aliphatic rings. The van der Waals surface area contributed by atoms with Gasteiger partial charge in [0.25, 0.3) is 0 Å². The summed E-state index contributed by atoms with van der Waals surface area (Å²) in [6, 6.07) is 16.0. The zero-order valence-corrected chi connectivity index (χ0v) is 15.9. The first-order chi connectivity index (χ1) is 13.1. The average molecular weight is 403 g/mol. The highest BCUT2D eigenvalue weighted by Crippen LogP contribution is 2.24. The van der Waals surface area contributed by atoms with Crippen molar-refractivity contribution in [3.05, 3.63) is 76.8 Å². The molecule has 0 spiro atoms. The fourth-order valence-electron chi connectivity index (χ4n) is 2.40. The molecule has 1 aromatic heterocycles. The first-order valence-electron chi connectivity index (χ1n) is 8.01. The van der Waals surface area contributed by atoms with Crippen molar-refractivity contribution in [3.63, 3.8) is 0 Å². The smallest absolute Gasteiger partial charge is 0.326 e. The van der Waals surface area contributed by atoms with Crippen LogP contribution in [-0.4, -0.2) is 23.1 Å². The van der Waals surface area contributed by atoms with Crippen LogP contribution in [0.5, 0.6) is 5.75 Å². The molecular formula is C19H16Cl2N4O2. The van der Waals surface area contributed by atoms with Crippen LogP contribution >= 0.6 is 23.2 Å². The Morgan fingerprint density at radius 3 is 2.44 bits per heavy atom. The summed E-state index contributed by atoms with van der Waals surface area (Å²) in [7, 11) is 1.58. The van der Waals surface area contributed by atoms with Crippen molar-refractivity contribution in [2.75, 3.05) is 17.3 Å². The van der Waals surface area contributed by atoms with Gasteiger partial charge in [0, 0.05) is 23.1 Å². The molecule has 0 aliphatic carbocycles. The molecule has 0 aliphatic heterocycles. The molecule has 27 heavy (non-hydrogen) atoms. The monoisotopic (exact) mass is 402 g/mol. The summed E-state index contributed by atoms with van der Waals surface area (Å²) in [6.07, 6.45) is 1.50. The van der Waals surface area contributed by atoms with Gasteiger partial charge in [-0.2, -0.15) is 0 Å². The highest BCUT2D eigenvalue weighted by atomic mass is 35.5. The third-order valence-corrected chi connectivity index (χ3v) is 4.27. The van der Waals surface area contributed by atoms with Gasteiger partial charge in [-0.15, -0.1) is 0 Å². The van der Waals surface area contributed by atoms with E-state index in [2.05, 4.69) is 15.3 Å². The topological polar surface area (TPSA) is 67.3 Å². The lowest BCUT2D eigenvalue weighted by Crippen LogP contribution is -2.34. The number of halogens is 2. The number of ether oxygens (including phenoxy) is 1. The van der Waals surface area contributed by atoms with Crippen molar-refractivity contribution >= 4 is 40.6 Å². The van der Waals surface area contributed by atoms with Gasteiger partial charge in [0.15, 0.2) is 0 Å². The summed E-state index contributed by atoms with van der Waals surface area (Å²) in [4.78, 5) is 22.3. The van der Waals surface area contributed by atoms with Crippen LogP contribution in [0, 0.1) is 0 Å². The Balaban J connectivity index is 1.90. The molecule has 0 radical (unpaired) electrons. The lowest BCUT2D eigenvalue weighted by Gasteiger charge is -2.24. The van der Waals surface area contributed by atoms with Crippen LogP contribution < -0.4 is 15.0 Å². The minimum Gasteiger partial charge on any atom is -0.497 e. The number of para-hydroxylation sites is 1. The maximum Gasteiger partial charge on any atom is 0.326 e. The Labute approximate surface area is 166 Å². The van der Waals surface area contributed by atoms with E-state index >= 15 is 0 Å². The van der Waals surface area contributed by atoms with Gasteiger partial charge in [-0.25, -0.2) is 14.8 Å². The minimum absolute atomic E-state index is 0.0495. The van der Waals surface area contributed by atoms with Crippen LogP contribution in [0.3, 0.4) is 0 Å². The summed E-state index contributed by atoms with van der Waals surface area (Å²) in [5.74, 6) is 0.690. The molecule has 0 saturated heterocycles. The highest BCUT2D eigenvalue weighted by Gasteiger charge is 2.19. The van der Waals surface area contributed by atoms with Crippen molar-refractivity contribution in [1.29, 1.82) is 0 Å². The van der Waals surface area contributed by atoms with Gasteiger partial charge in [0.05, 0.1) is 13.7 Å². The summed E-state index contributed by atoms with van der Waals surface area (Å²) >= 11 is 11.9. The molecule has 0 unspecified atom stereocenters. The summed E-state index contributed by atoms with van der Waals surface area (Å²) in [5, 5.41) is 3.11. The zero-order valence-electron chi connectivity index (χ0n) is 14.4. The normalized spacial score (nSPS) is 10.3. The van der Waals surface area contributed by atoms with Gasteiger partial charge < -0.3 is 10.1 Å². The number of nitrogens with one attached hydrogen (secondary N) is 1. The van der Waals surface area contributed by atoms with Gasteiger partial charge in [-0.3, -0.25) is 4.90 Å². The van der Waals surface area contributed by atoms with E-state index in [9.17, 15) is 4.79 Å². The number of hydrogen-bond donors (Lipinski definition) is 1.